The van der Waals surface area contributed by atoms with Gasteiger partial charge in [0.2, 0.25) is 0 Å². The van der Waals surface area contributed by atoms with E-state index in [-0.39, 0.29) is 5.56 Å². The molecule has 1 aromatic carbocycles. The zero-order valence-corrected chi connectivity index (χ0v) is 10.9. The van der Waals surface area contributed by atoms with Gasteiger partial charge in [0.05, 0.1) is 35.3 Å². The molecule has 0 atom stereocenters. The van der Waals surface area contributed by atoms with Crippen molar-refractivity contribution in [1.29, 1.82) is 0 Å². The summed E-state index contributed by atoms with van der Waals surface area (Å²) in [7, 11) is 0. The molecule has 0 bridgehead atoms. The van der Waals surface area contributed by atoms with Gasteiger partial charge in [0, 0.05) is 6.20 Å². The molecule has 0 aliphatic rings. The number of nitrogen functional groups attached to an aromatic ring is 1. The van der Waals surface area contributed by atoms with Crippen LogP contribution in [0.4, 0.5) is 5.69 Å². The Morgan fingerprint density at radius 2 is 2.10 bits per heavy atom. The molecule has 2 rings (SSSR count). The van der Waals surface area contributed by atoms with Gasteiger partial charge in [-0.05, 0) is 25.1 Å². The van der Waals surface area contributed by atoms with E-state index < -0.39 is 11.9 Å². The van der Waals surface area contributed by atoms with E-state index in [1.807, 2.05) is 0 Å². The monoisotopic (exact) mass is 274 g/mol. The van der Waals surface area contributed by atoms with E-state index in [9.17, 15) is 9.59 Å². The molecular formula is C13H14N4O3. The van der Waals surface area contributed by atoms with Gasteiger partial charge in [0.25, 0.3) is 5.91 Å². The first-order valence-electron chi connectivity index (χ1n) is 5.94. The van der Waals surface area contributed by atoms with Crippen molar-refractivity contribution < 1.29 is 14.3 Å². The highest BCUT2D eigenvalue weighted by Gasteiger charge is 2.11. The fraction of sp³-hybridized carbons (Fsp3) is 0.154. The maximum absolute atomic E-state index is 11.6. The van der Waals surface area contributed by atoms with Crippen molar-refractivity contribution in [3.63, 3.8) is 0 Å². The van der Waals surface area contributed by atoms with Gasteiger partial charge in [-0.2, -0.15) is 5.10 Å². The summed E-state index contributed by atoms with van der Waals surface area (Å²) in [6.45, 7) is 2.02. The Hall–Kier alpha value is -2.83. The maximum atomic E-state index is 11.6. The highest BCUT2D eigenvalue weighted by molar-refractivity contribution is 5.93. The summed E-state index contributed by atoms with van der Waals surface area (Å²) >= 11 is 0. The van der Waals surface area contributed by atoms with Crippen LogP contribution in [0.15, 0.2) is 30.6 Å². The molecule has 2 aromatic rings. The zero-order chi connectivity index (χ0) is 14.7. The normalized spacial score (nSPS) is 10.2. The topological polar surface area (TPSA) is 113 Å². The van der Waals surface area contributed by atoms with Crippen LogP contribution in [0.5, 0.6) is 0 Å². The lowest BCUT2D eigenvalue weighted by molar-refractivity contribution is 0.0526. The Morgan fingerprint density at radius 3 is 2.65 bits per heavy atom. The van der Waals surface area contributed by atoms with Crippen molar-refractivity contribution in [1.82, 2.24) is 9.78 Å². The van der Waals surface area contributed by atoms with Crippen molar-refractivity contribution >= 4 is 17.6 Å². The van der Waals surface area contributed by atoms with Gasteiger partial charge in [-0.15, -0.1) is 0 Å². The summed E-state index contributed by atoms with van der Waals surface area (Å²) in [6.07, 6.45) is 2.82. The van der Waals surface area contributed by atoms with Crippen LogP contribution >= 0.6 is 0 Å². The molecule has 104 valence electrons. The van der Waals surface area contributed by atoms with Crippen LogP contribution < -0.4 is 11.5 Å². The van der Waals surface area contributed by atoms with Crippen LogP contribution in [0.2, 0.25) is 0 Å². The van der Waals surface area contributed by atoms with Crippen LogP contribution in [-0.4, -0.2) is 28.3 Å². The van der Waals surface area contributed by atoms with Gasteiger partial charge in [0.15, 0.2) is 0 Å². The number of nitrogens with zero attached hydrogens (tertiary/aromatic N) is 2. The molecule has 7 heteroatoms. The summed E-state index contributed by atoms with van der Waals surface area (Å²) in [5.74, 6) is -1.01. The molecule has 1 aromatic heterocycles. The molecule has 0 radical (unpaired) electrons. The lowest BCUT2D eigenvalue weighted by Gasteiger charge is -2.08. The van der Waals surface area contributed by atoms with Gasteiger partial charge in [-0.25, -0.2) is 9.48 Å². The third-order valence-electron chi connectivity index (χ3n) is 2.65. The number of amides is 1. The van der Waals surface area contributed by atoms with Gasteiger partial charge in [0.1, 0.15) is 0 Å². The van der Waals surface area contributed by atoms with Gasteiger partial charge >= 0.3 is 5.97 Å². The molecule has 1 heterocycles. The van der Waals surface area contributed by atoms with Crippen LogP contribution in [0.1, 0.15) is 27.6 Å². The maximum Gasteiger partial charge on any atom is 0.338 e. The lowest BCUT2D eigenvalue weighted by Crippen LogP contribution is -2.10. The standard InChI is InChI=1S/C13H14N4O3/c1-2-20-13(19)8-3-4-11(10(14)5-8)17-7-9(6-16-17)12(15)18/h3-7H,2,14H2,1H3,(H2,15,18). The van der Waals surface area contributed by atoms with Gasteiger partial charge in [-0.3, -0.25) is 4.79 Å². The lowest BCUT2D eigenvalue weighted by atomic mass is 10.2. The number of ether oxygens (including phenoxy) is 1. The molecule has 0 aliphatic heterocycles. The largest absolute Gasteiger partial charge is 0.462 e. The second-order valence-corrected chi connectivity index (χ2v) is 4.03. The summed E-state index contributed by atoms with van der Waals surface area (Å²) in [4.78, 5) is 22.6. The van der Waals surface area contributed by atoms with E-state index in [2.05, 4.69) is 5.10 Å². The molecule has 0 unspecified atom stereocenters. The van der Waals surface area contributed by atoms with Crippen LogP contribution in [0, 0.1) is 0 Å². The summed E-state index contributed by atoms with van der Waals surface area (Å²) in [5.41, 5.74) is 12.6. The first kappa shape index (κ1) is 13.6. The van der Waals surface area contributed by atoms with E-state index >= 15 is 0 Å². The molecule has 0 aliphatic carbocycles. The van der Waals surface area contributed by atoms with Gasteiger partial charge in [-0.1, -0.05) is 0 Å². The highest BCUT2D eigenvalue weighted by Crippen LogP contribution is 2.19. The number of anilines is 1. The third-order valence-corrected chi connectivity index (χ3v) is 2.65. The number of carbonyl (C=O) groups excluding carboxylic acids is 2. The predicted molar refractivity (Wildman–Crippen MR) is 72.5 cm³/mol. The molecule has 0 saturated carbocycles. The number of benzene rings is 1. The van der Waals surface area contributed by atoms with Gasteiger partial charge < -0.3 is 16.2 Å². The second kappa shape index (κ2) is 5.43. The smallest absolute Gasteiger partial charge is 0.338 e. The molecule has 7 nitrogen and oxygen atoms in total. The second-order valence-electron chi connectivity index (χ2n) is 4.03. The first-order valence-corrected chi connectivity index (χ1v) is 5.94. The average Bonchev–Trinajstić information content (AvgIpc) is 2.88. The molecule has 0 spiro atoms. The molecule has 0 fully saturated rings. The summed E-state index contributed by atoms with van der Waals surface area (Å²) in [5, 5.41) is 4.00. The first-order chi connectivity index (χ1) is 9.52. The predicted octanol–water partition coefficient (Wildman–Crippen LogP) is 0.730. The minimum Gasteiger partial charge on any atom is -0.462 e. The Labute approximate surface area is 115 Å². The quantitative estimate of drug-likeness (QED) is 0.630. The van der Waals surface area contributed by atoms with Crippen molar-refractivity contribution in [2.75, 3.05) is 12.3 Å². The number of hydrogen-bond donors (Lipinski definition) is 2. The minimum absolute atomic E-state index is 0.277. The fourth-order valence-electron chi connectivity index (χ4n) is 1.69. The van der Waals surface area contributed by atoms with E-state index in [1.165, 1.54) is 23.1 Å². The Morgan fingerprint density at radius 1 is 1.35 bits per heavy atom. The summed E-state index contributed by atoms with van der Waals surface area (Å²) < 4.78 is 6.31. The number of carbonyl (C=O) groups is 2. The van der Waals surface area contributed by atoms with Crippen molar-refractivity contribution in [3.05, 3.63) is 41.7 Å². The van der Waals surface area contributed by atoms with Crippen LogP contribution in [-0.2, 0) is 4.74 Å². The van der Waals surface area contributed by atoms with Crippen molar-refractivity contribution in [3.8, 4) is 5.69 Å². The molecule has 0 saturated heterocycles. The number of hydrogen-bond acceptors (Lipinski definition) is 5. The number of primary amides is 1. The van der Waals surface area contributed by atoms with Crippen molar-refractivity contribution in [2.24, 2.45) is 5.73 Å². The summed E-state index contributed by atoms with van der Waals surface area (Å²) in [6, 6.07) is 4.70. The Balaban J connectivity index is 2.33. The average molecular weight is 274 g/mol. The SMILES string of the molecule is CCOC(=O)c1ccc(-n2cc(C(N)=O)cn2)c(N)c1. The Kier molecular flexibility index (Phi) is 3.69. The highest BCUT2D eigenvalue weighted by atomic mass is 16.5. The third kappa shape index (κ3) is 2.61. The molecule has 1 amide bonds. The number of nitrogens with two attached hydrogens (primary N) is 2. The van der Waals surface area contributed by atoms with Crippen LogP contribution in [0.3, 0.4) is 0 Å². The Bertz CT molecular complexity index is 663. The fourth-order valence-corrected chi connectivity index (χ4v) is 1.69. The van der Waals surface area contributed by atoms with Crippen LogP contribution in [0.25, 0.3) is 5.69 Å². The molecule has 20 heavy (non-hydrogen) atoms. The number of aromatic nitrogens is 2. The van der Waals surface area contributed by atoms with Crippen molar-refractivity contribution in [2.45, 2.75) is 6.92 Å². The number of rotatable bonds is 4. The van der Waals surface area contributed by atoms with E-state index in [1.54, 1.807) is 19.1 Å². The van der Waals surface area contributed by atoms with E-state index in [4.69, 9.17) is 16.2 Å². The molecule has 4 N–H and O–H groups in total. The zero-order valence-electron chi connectivity index (χ0n) is 10.9. The minimum atomic E-state index is -0.571. The number of esters is 1. The van der Waals surface area contributed by atoms with E-state index in [0.29, 0.717) is 23.5 Å². The van der Waals surface area contributed by atoms with E-state index in [0.717, 1.165) is 0 Å². The molecular weight excluding hydrogens is 260 g/mol.